The molecule has 0 saturated heterocycles. The van der Waals surface area contributed by atoms with Gasteiger partial charge in [0.1, 0.15) is 12.4 Å². The summed E-state index contributed by atoms with van der Waals surface area (Å²) in [6, 6.07) is 20.1. The number of carbonyl (C=O) groups excluding carboxylic acids is 1. The van der Waals surface area contributed by atoms with E-state index in [1.54, 1.807) is 37.4 Å². The summed E-state index contributed by atoms with van der Waals surface area (Å²) in [5.74, 6) is -0.697. The lowest BCUT2D eigenvalue weighted by atomic mass is 9.95. The molecular weight excluding hydrogens is 328 g/mol. The minimum absolute atomic E-state index is 0.299. The number of nitriles is 1. The number of methoxy groups -OCH3 is 1. The normalized spacial score (nSPS) is 11.7. The first kappa shape index (κ1) is 17.6. The van der Waals surface area contributed by atoms with Crippen LogP contribution in [0.3, 0.4) is 0 Å². The summed E-state index contributed by atoms with van der Waals surface area (Å²) < 4.78 is 10.5. The van der Waals surface area contributed by atoms with Gasteiger partial charge >= 0.3 is 0 Å². The number of Topliss-reactive ketones (excluding diaryl/α,β-unsaturated/α-hetero) is 1. The molecule has 26 heavy (non-hydrogen) atoms. The number of ketones is 1. The molecule has 1 aromatic heterocycles. The molecule has 2 aromatic carbocycles. The number of fused-ring (bicyclic) bond motifs is 1. The molecule has 0 amide bonds. The van der Waals surface area contributed by atoms with E-state index in [4.69, 9.17) is 9.47 Å². The third-order valence-corrected chi connectivity index (χ3v) is 3.98. The Morgan fingerprint density at radius 2 is 1.96 bits per heavy atom. The minimum Gasteiger partial charge on any atom is -0.491 e. The van der Waals surface area contributed by atoms with E-state index in [-0.39, 0.29) is 5.78 Å². The summed E-state index contributed by atoms with van der Waals surface area (Å²) in [4.78, 5) is 17.3. The van der Waals surface area contributed by atoms with Crippen LogP contribution in [0.2, 0.25) is 0 Å². The Balaban J connectivity index is 1.86. The monoisotopic (exact) mass is 346 g/mol. The number of nitrogens with zero attached hydrogens (tertiary/aromatic N) is 2. The van der Waals surface area contributed by atoms with E-state index in [2.05, 4.69) is 11.1 Å². The maximum Gasteiger partial charge on any atom is 0.186 e. The van der Waals surface area contributed by atoms with Gasteiger partial charge in [0.15, 0.2) is 11.7 Å². The van der Waals surface area contributed by atoms with Crippen molar-refractivity contribution < 1.29 is 14.3 Å². The number of benzene rings is 2. The van der Waals surface area contributed by atoms with Crippen molar-refractivity contribution in [3.8, 4) is 11.8 Å². The van der Waals surface area contributed by atoms with Gasteiger partial charge in [-0.15, -0.1) is 0 Å². The highest BCUT2D eigenvalue weighted by Gasteiger charge is 2.23. The van der Waals surface area contributed by atoms with E-state index in [1.165, 1.54) is 0 Å². The zero-order chi connectivity index (χ0) is 18.4. The van der Waals surface area contributed by atoms with Crippen LogP contribution < -0.4 is 4.74 Å². The van der Waals surface area contributed by atoms with Gasteiger partial charge in [-0.2, -0.15) is 5.26 Å². The molecule has 0 aliphatic rings. The van der Waals surface area contributed by atoms with Crippen LogP contribution >= 0.6 is 0 Å². The Bertz CT molecular complexity index is 963. The Morgan fingerprint density at radius 1 is 1.12 bits per heavy atom. The first-order chi connectivity index (χ1) is 12.7. The molecule has 0 spiro atoms. The molecule has 3 rings (SSSR count). The maximum atomic E-state index is 12.9. The molecule has 1 heterocycles. The molecule has 5 nitrogen and oxygen atoms in total. The summed E-state index contributed by atoms with van der Waals surface area (Å²) in [5.41, 5.74) is 1.62. The quantitative estimate of drug-likeness (QED) is 0.481. The van der Waals surface area contributed by atoms with E-state index < -0.39 is 5.92 Å². The summed E-state index contributed by atoms with van der Waals surface area (Å²) in [6.07, 6.45) is 0. The highest BCUT2D eigenvalue weighted by atomic mass is 16.5. The van der Waals surface area contributed by atoms with Crippen molar-refractivity contribution in [2.45, 2.75) is 5.92 Å². The second-order valence-corrected chi connectivity index (χ2v) is 5.72. The third-order valence-electron chi connectivity index (χ3n) is 3.98. The number of aromatic nitrogens is 1. The van der Waals surface area contributed by atoms with Gasteiger partial charge in [-0.05, 0) is 24.3 Å². The number of hydrogen-bond donors (Lipinski definition) is 0. The molecule has 5 heteroatoms. The average molecular weight is 346 g/mol. The molecule has 0 bridgehead atoms. The van der Waals surface area contributed by atoms with E-state index in [9.17, 15) is 10.1 Å². The van der Waals surface area contributed by atoms with E-state index >= 15 is 0 Å². The molecule has 130 valence electrons. The first-order valence-electron chi connectivity index (χ1n) is 8.24. The first-order valence-corrected chi connectivity index (χ1v) is 8.24. The van der Waals surface area contributed by atoms with Gasteiger partial charge in [-0.1, -0.05) is 36.4 Å². The zero-order valence-electron chi connectivity index (χ0n) is 14.4. The zero-order valence-corrected chi connectivity index (χ0v) is 14.4. The summed E-state index contributed by atoms with van der Waals surface area (Å²) in [5, 5.41) is 10.5. The highest BCUT2D eigenvalue weighted by molar-refractivity contribution is 6.03. The molecule has 0 N–H and O–H groups in total. The molecule has 3 aromatic rings. The SMILES string of the molecule is COCCOc1cccc(C(=O)[C@@H](C#N)c2ccc3ccccc3n2)c1. The summed E-state index contributed by atoms with van der Waals surface area (Å²) in [7, 11) is 1.59. The van der Waals surface area contributed by atoms with Crippen LogP contribution in [0.5, 0.6) is 5.75 Å². The number of ether oxygens (including phenoxy) is 2. The fraction of sp³-hybridized carbons (Fsp3) is 0.190. The molecule has 0 radical (unpaired) electrons. The molecule has 0 unspecified atom stereocenters. The molecule has 0 aliphatic heterocycles. The van der Waals surface area contributed by atoms with Gasteiger partial charge < -0.3 is 9.47 Å². The third kappa shape index (κ3) is 3.88. The van der Waals surface area contributed by atoms with Gasteiger partial charge in [0.2, 0.25) is 0 Å². The number of pyridine rings is 1. The van der Waals surface area contributed by atoms with E-state index in [0.29, 0.717) is 30.2 Å². The lowest BCUT2D eigenvalue weighted by Gasteiger charge is -2.11. The van der Waals surface area contributed by atoms with Crippen LogP contribution in [0.15, 0.2) is 60.7 Å². The van der Waals surface area contributed by atoms with E-state index in [1.807, 2.05) is 30.3 Å². The van der Waals surface area contributed by atoms with Gasteiger partial charge in [0, 0.05) is 18.1 Å². The topological polar surface area (TPSA) is 72.2 Å². The van der Waals surface area contributed by atoms with Crippen LogP contribution in [0.1, 0.15) is 22.0 Å². The smallest absolute Gasteiger partial charge is 0.186 e. The average Bonchev–Trinajstić information content (AvgIpc) is 2.69. The second kappa shape index (κ2) is 8.24. The maximum absolute atomic E-state index is 12.9. The predicted octanol–water partition coefficient (Wildman–Crippen LogP) is 3.75. The number of rotatable bonds is 7. The van der Waals surface area contributed by atoms with Gasteiger partial charge in [0.05, 0.1) is 23.9 Å². The summed E-state index contributed by atoms with van der Waals surface area (Å²) in [6.45, 7) is 0.849. The lowest BCUT2D eigenvalue weighted by Crippen LogP contribution is -2.13. The van der Waals surface area contributed by atoms with Crippen molar-refractivity contribution in [2.24, 2.45) is 0 Å². The Hall–Kier alpha value is -3.23. The van der Waals surface area contributed by atoms with Crippen LogP contribution in [0.4, 0.5) is 0 Å². The largest absolute Gasteiger partial charge is 0.491 e. The van der Waals surface area contributed by atoms with Crippen molar-refractivity contribution in [1.82, 2.24) is 4.98 Å². The predicted molar refractivity (Wildman–Crippen MR) is 98.2 cm³/mol. The fourth-order valence-electron chi connectivity index (χ4n) is 2.65. The Kier molecular flexibility index (Phi) is 5.57. The van der Waals surface area contributed by atoms with Crippen LogP contribution in [-0.4, -0.2) is 31.1 Å². The van der Waals surface area contributed by atoms with E-state index in [0.717, 1.165) is 10.9 Å². The number of carbonyl (C=O) groups is 1. The minimum atomic E-state index is -0.964. The number of hydrogen-bond acceptors (Lipinski definition) is 5. The molecule has 1 atom stereocenters. The highest BCUT2D eigenvalue weighted by Crippen LogP contribution is 2.23. The van der Waals surface area contributed by atoms with Crippen molar-refractivity contribution in [3.63, 3.8) is 0 Å². The standard InChI is InChI=1S/C21H18N2O3/c1-25-11-12-26-17-7-4-6-16(13-17)21(24)18(14-22)20-10-9-15-5-2-3-8-19(15)23-20/h2-10,13,18H,11-12H2,1H3/t18-/m0/s1. The molecule has 0 aliphatic carbocycles. The molecule has 0 saturated carbocycles. The van der Waals surface area contributed by atoms with Crippen LogP contribution in [0, 0.1) is 11.3 Å². The number of para-hydroxylation sites is 1. The van der Waals surface area contributed by atoms with Crippen LogP contribution in [0.25, 0.3) is 10.9 Å². The Labute approximate surface area is 151 Å². The van der Waals surface area contributed by atoms with Gasteiger partial charge in [0.25, 0.3) is 0 Å². The Morgan fingerprint density at radius 3 is 2.77 bits per heavy atom. The lowest BCUT2D eigenvalue weighted by molar-refractivity contribution is 0.0977. The van der Waals surface area contributed by atoms with Crippen molar-refractivity contribution in [3.05, 3.63) is 71.9 Å². The van der Waals surface area contributed by atoms with Gasteiger partial charge in [-0.25, -0.2) is 0 Å². The fourth-order valence-corrected chi connectivity index (χ4v) is 2.65. The van der Waals surface area contributed by atoms with Gasteiger partial charge in [-0.3, -0.25) is 9.78 Å². The molecule has 0 fully saturated rings. The van der Waals surface area contributed by atoms with Crippen molar-refractivity contribution in [1.29, 1.82) is 5.26 Å². The van der Waals surface area contributed by atoms with Crippen molar-refractivity contribution in [2.75, 3.05) is 20.3 Å². The summed E-state index contributed by atoms with van der Waals surface area (Å²) >= 11 is 0. The van der Waals surface area contributed by atoms with Crippen LogP contribution in [-0.2, 0) is 4.74 Å². The second-order valence-electron chi connectivity index (χ2n) is 5.72. The molecular formula is C21H18N2O3. The van der Waals surface area contributed by atoms with Crippen molar-refractivity contribution >= 4 is 16.7 Å².